The summed E-state index contributed by atoms with van der Waals surface area (Å²) in [6.07, 6.45) is 3.53. The fraction of sp³-hybridized carbons (Fsp3) is 0.421. The minimum absolute atomic E-state index is 0.439. The zero-order valence-electron chi connectivity index (χ0n) is 15.0. The third-order valence-electron chi connectivity index (χ3n) is 4.91. The van der Waals surface area contributed by atoms with Crippen LogP contribution in [-0.4, -0.2) is 41.2 Å². The van der Waals surface area contributed by atoms with Crippen LogP contribution in [0.1, 0.15) is 23.2 Å². The molecule has 5 nitrogen and oxygen atoms in total. The molecule has 3 rings (SSSR count). The van der Waals surface area contributed by atoms with Gasteiger partial charge in [-0.1, -0.05) is 35.9 Å². The number of nitrogens with one attached hydrogen (secondary N) is 1. The summed E-state index contributed by atoms with van der Waals surface area (Å²) in [5.74, 6) is 0.745. The number of hydrogen-bond acceptors (Lipinski definition) is 2. The van der Waals surface area contributed by atoms with Crippen LogP contribution in [0.5, 0.6) is 0 Å². The molecule has 25 heavy (non-hydrogen) atoms. The second-order valence-corrected chi connectivity index (χ2v) is 7.14. The topological polar surface area (TPSA) is 52.8 Å². The molecule has 0 aliphatic heterocycles. The number of aliphatic hydroxyl groups is 1. The molecule has 0 spiro atoms. The molecular weight excluding hydrogens is 336 g/mol. The van der Waals surface area contributed by atoms with Crippen molar-refractivity contribution in [1.82, 2.24) is 14.8 Å². The van der Waals surface area contributed by atoms with Gasteiger partial charge in [0.25, 0.3) is 0 Å². The van der Waals surface area contributed by atoms with E-state index in [0.29, 0.717) is 13.1 Å². The van der Waals surface area contributed by atoms with Crippen LogP contribution < -0.4 is 5.32 Å². The molecule has 0 radical (unpaired) electrons. The smallest absolute Gasteiger partial charge is 0.193 e. The fourth-order valence-electron chi connectivity index (χ4n) is 3.50. The SMILES string of the molecule is CN=C(NCC1(O)CCc2ccccc21)N(C)Cc1cc(Cl)cn1C. The van der Waals surface area contributed by atoms with Crippen LogP contribution >= 0.6 is 11.6 Å². The molecule has 1 aromatic carbocycles. The van der Waals surface area contributed by atoms with E-state index in [0.717, 1.165) is 35.1 Å². The number of rotatable bonds is 4. The Kier molecular flexibility index (Phi) is 5.06. The van der Waals surface area contributed by atoms with Crippen molar-refractivity contribution in [2.24, 2.45) is 12.0 Å². The van der Waals surface area contributed by atoms with Crippen LogP contribution in [0.2, 0.25) is 5.02 Å². The average molecular weight is 361 g/mol. The molecule has 1 aliphatic carbocycles. The normalized spacial score (nSPS) is 19.8. The number of guanidine groups is 1. The van der Waals surface area contributed by atoms with E-state index in [1.165, 1.54) is 5.56 Å². The summed E-state index contributed by atoms with van der Waals surface area (Å²) in [5.41, 5.74) is 2.51. The second kappa shape index (κ2) is 7.10. The average Bonchev–Trinajstić information content (AvgIpc) is 3.08. The molecule has 1 heterocycles. The molecule has 0 fully saturated rings. The van der Waals surface area contributed by atoms with Gasteiger partial charge in [0.05, 0.1) is 18.1 Å². The second-order valence-electron chi connectivity index (χ2n) is 6.71. The predicted molar refractivity (Wildman–Crippen MR) is 102 cm³/mol. The number of benzene rings is 1. The highest BCUT2D eigenvalue weighted by Gasteiger charge is 2.36. The Balaban J connectivity index is 1.66. The summed E-state index contributed by atoms with van der Waals surface area (Å²) in [4.78, 5) is 6.37. The summed E-state index contributed by atoms with van der Waals surface area (Å²) in [5, 5.41) is 15.1. The Bertz CT molecular complexity index is 785. The number of nitrogens with zero attached hydrogens (tertiary/aromatic N) is 3. The lowest BCUT2D eigenvalue weighted by atomic mass is 9.96. The molecule has 0 bridgehead atoms. The first-order valence-corrected chi connectivity index (χ1v) is 8.84. The van der Waals surface area contributed by atoms with E-state index in [2.05, 4.69) is 16.4 Å². The van der Waals surface area contributed by atoms with E-state index in [4.69, 9.17) is 11.6 Å². The van der Waals surface area contributed by atoms with Crippen LogP contribution in [0.25, 0.3) is 0 Å². The molecule has 2 aromatic rings. The molecule has 0 saturated heterocycles. The van der Waals surface area contributed by atoms with Crippen LogP contribution in [0.15, 0.2) is 41.5 Å². The van der Waals surface area contributed by atoms with E-state index in [9.17, 15) is 5.11 Å². The number of aromatic nitrogens is 1. The van der Waals surface area contributed by atoms with Crippen molar-refractivity contribution in [3.63, 3.8) is 0 Å². The summed E-state index contributed by atoms with van der Waals surface area (Å²) in [7, 11) is 5.70. The highest BCUT2D eigenvalue weighted by molar-refractivity contribution is 6.30. The molecule has 6 heteroatoms. The van der Waals surface area contributed by atoms with Gasteiger partial charge in [-0.15, -0.1) is 0 Å². The van der Waals surface area contributed by atoms with Crippen LogP contribution in [0, 0.1) is 0 Å². The van der Waals surface area contributed by atoms with Crippen molar-refractivity contribution in [3.05, 3.63) is 58.4 Å². The van der Waals surface area contributed by atoms with E-state index < -0.39 is 5.60 Å². The van der Waals surface area contributed by atoms with E-state index in [-0.39, 0.29) is 0 Å². The Morgan fingerprint density at radius 3 is 2.88 bits per heavy atom. The quantitative estimate of drug-likeness (QED) is 0.650. The maximum absolute atomic E-state index is 11.0. The van der Waals surface area contributed by atoms with Gasteiger partial charge in [0.15, 0.2) is 5.96 Å². The number of aliphatic imine (C=N–C) groups is 1. The van der Waals surface area contributed by atoms with Crippen molar-refractivity contribution in [2.75, 3.05) is 20.6 Å². The molecule has 1 aliphatic rings. The van der Waals surface area contributed by atoms with Gasteiger partial charge in [0.1, 0.15) is 5.60 Å². The zero-order valence-corrected chi connectivity index (χ0v) is 15.7. The van der Waals surface area contributed by atoms with Crippen molar-refractivity contribution in [2.45, 2.75) is 25.0 Å². The Morgan fingerprint density at radius 1 is 1.44 bits per heavy atom. The van der Waals surface area contributed by atoms with Crippen molar-refractivity contribution in [1.29, 1.82) is 0 Å². The highest BCUT2D eigenvalue weighted by Crippen LogP contribution is 2.36. The molecule has 0 amide bonds. The van der Waals surface area contributed by atoms with Crippen molar-refractivity contribution < 1.29 is 5.11 Å². The minimum Gasteiger partial charge on any atom is -0.383 e. The lowest BCUT2D eigenvalue weighted by Gasteiger charge is -2.28. The maximum atomic E-state index is 11.0. The third-order valence-corrected chi connectivity index (χ3v) is 5.12. The standard InChI is InChI=1S/C19H25ClN4O/c1-21-18(24(3)12-16-10-15(20)11-23(16)2)22-13-19(25)9-8-14-6-4-5-7-17(14)19/h4-7,10-11,25H,8-9,12-13H2,1-3H3,(H,21,22). The Morgan fingerprint density at radius 2 is 2.20 bits per heavy atom. The van der Waals surface area contributed by atoms with Gasteiger partial charge in [0.2, 0.25) is 0 Å². The monoisotopic (exact) mass is 360 g/mol. The first-order chi connectivity index (χ1) is 11.9. The molecule has 2 N–H and O–H groups in total. The fourth-order valence-corrected chi connectivity index (χ4v) is 3.78. The van der Waals surface area contributed by atoms with Crippen LogP contribution in [-0.2, 0) is 25.6 Å². The summed E-state index contributed by atoms with van der Waals surface area (Å²) in [6.45, 7) is 1.12. The summed E-state index contributed by atoms with van der Waals surface area (Å²) >= 11 is 6.06. The van der Waals surface area contributed by atoms with Gasteiger partial charge in [-0.05, 0) is 30.0 Å². The van der Waals surface area contributed by atoms with Crippen LogP contribution in [0.4, 0.5) is 0 Å². The lowest BCUT2D eigenvalue weighted by Crippen LogP contribution is -2.45. The minimum atomic E-state index is -0.846. The molecule has 1 aromatic heterocycles. The van der Waals surface area contributed by atoms with Gasteiger partial charge in [-0.25, -0.2) is 0 Å². The van der Waals surface area contributed by atoms with E-state index in [1.54, 1.807) is 7.05 Å². The van der Waals surface area contributed by atoms with Gasteiger partial charge in [0, 0.05) is 33.0 Å². The van der Waals surface area contributed by atoms with E-state index in [1.807, 2.05) is 54.0 Å². The van der Waals surface area contributed by atoms with Gasteiger partial charge >= 0.3 is 0 Å². The molecule has 134 valence electrons. The molecule has 1 atom stereocenters. The van der Waals surface area contributed by atoms with E-state index >= 15 is 0 Å². The number of fused-ring (bicyclic) bond motifs is 1. The summed E-state index contributed by atoms with van der Waals surface area (Å²) < 4.78 is 2.01. The Hall–Kier alpha value is -1.98. The van der Waals surface area contributed by atoms with Gasteiger partial charge in [-0.2, -0.15) is 0 Å². The van der Waals surface area contributed by atoms with Crippen LogP contribution in [0.3, 0.4) is 0 Å². The Labute approximate surface area is 153 Å². The first-order valence-electron chi connectivity index (χ1n) is 8.46. The first kappa shape index (κ1) is 17.8. The zero-order chi connectivity index (χ0) is 18.0. The molecule has 0 saturated carbocycles. The highest BCUT2D eigenvalue weighted by atomic mass is 35.5. The van der Waals surface area contributed by atoms with Gasteiger partial charge < -0.3 is 19.9 Å². The lowest BCUT2D eigenvalue weighted by molar-refractivity contribution is 0.0426. The molecule has 1 unspecified atom stereocenters. The number of hydrogen-bond donors (Lipinski definition) is 2. The van der Waals surface area contributed by atoms with Crippen molar-refractivity contribution >= 4 is 17.6 Å². The third kappa shape index (κ3) is 3.67. The number of halogens is 1. The van der Waals surface area contributed by atoms with Gasteiger partial charge in [-0.3, -0.25) is 4.99 Å². The largest absolute Gasteiger partial charge is 0.383 e. The predicted octanol–water partition coefficient (Wildman–Crippen LogP) is 2.52. The van der Waals surface area contributed by atoms with Crippen molar-refractivity contribution in [3.8, 4) is 0 Å². The summed E-state index contributed by atoms with van der Waals surface area (Å²) in [6, 6.07) is 10.1. The molecular formula is C19H25ClN4O. The maximum Gasteiger partial charge on any atom is 0.193 e. The number of aryl methyl sites for hydroxylation is 2.